The van der Waals surface area contributed by atoms with Crippen LogP contribution in [-0.4, -0.2) is 30.7 Å². The van der Waals surface area contributed by atoms with Crippen LogP contribution in [0.2, 0.25) is 0 Å². The third-order valence-electron chi connectivity index (χ3n) is 2.84. The normalized spacial score (nSPS) is 11.0. The highest BCUT2D eigenvalue weighted by atomic mass is 127. The molecule has 0 aliphatic heterocycles. The highest BCUT2D eigenvalue weighted by Crippen LogP contribution is 2.18. The molecule has 116 valence electrons. The molecule has 2 heterocycles. The average Bonchev–Trinajstić information content (AvgIpc) is 3.09. The lowest BCUT2D eigenvalue weighted by Crippen LogP contribution is -2.39. The molecule has 0 fully saturated rings. The number of guanidine groups is 1. The number of nitrogens with one attached hydrogen (secondary N) is 2. The van der Waals surface area contributed by atoms with Crippen molar-refractivity contribution in [2.24, 2.45) is 4.99 Å². The van der Waals surface area contributed by atoms with Gasteiger partial charge in [-0.2, -0.15) is 0 Å². The maximum absolute atomic E-state index is 4.23. The van der Waals surface area contributed by atoms with Crippen molar-refractivity contribution in [2.45, 2.75) is 13.0 Å². The molecule has 0 atom stereocenters. The summed E-state index contributed by atoms with van der Waals surface area (Å²) in [6.45, 7) is 2.71. The molecule has 0 aliphatic carbocycles. The smallest absolute Gasteiger partial charge is 0.191 e. The molecule has 0 spiro atoms. The molecule has 0 amide bonds. The maximum Gasteiger partial charge on any atom is 0.191 e. The Hall–Kier alpha value is -0.290. The predicted octanol–water partition coefficient (Wildman–Crippen LogP) is 3.18. The molecule has 0 aromatic carbocycles. The summed E-state index contributed by atoms with van der Waals surface area (Å²) in [5, 5.41) is 6.66. The molecule has 2 aromatic heterocycles. The first-order valence-corrected chi connectivity index (χ1v) is 8.47. The summed E-state index contributed by atoms with van der Waals surface area (Å²) in [6.07, 6.45) is 5.17. The number of hydrogen-bond donors (Lipinski definition) is 2. The monoisotopic (exact) mass is 530 g/mol. The average molecular weight is 530 g/mol. The van der Waals surface area contributed by atoms with Crippen LogP contribution in [0.4, 0.5) is 0 Å². The van der Waals surface area contributed by atoms with Gasteiger partial charge >= 0.3 is 0 Å². The fraction of sp³-hybridized carbons (Fsp3) is 0.357. The van der Waals surface area contributed by atoms with Gasteiger partial charge in [0.25, 0.3) is 0 Å². The summed E-state index contributed by atoms with van der Waals surface area (Å²) in [5.74, 6) is 0.864. The van der Waals surface area contributed by atoms with E-state index in [4.69, 9.17) is 0 Å². The molecule has 2 aromatic rings. The third kappa shape index (κ3) is 7.00. The molecule has 0 radical (unpaired) electrons. The van der Waals surface area contributed by atoms with E-state index < -0.39 is 0 Å². The summed E-state index contributed by atoms with van der Waals surface area (Å²) in [7, 11) is 1.80. The quantitative estimate of drug-likeness (QED) is 0.343. The van der Waals surface area contributed by atoms with Crippen molar-refractivity contribution in [2.75, 3.05) is 20.1 Å². The fourth-order valence-corrected chi connectivity index (χ4v) is 3.59. The molecular weight excluding hydrogens is 510 g/mol. The summed E-state index contributed by atoms with van der Waals surface area (Å²) < 4.78 is 3.49. The van der Waals surface area contributed by atoms with Gasteiger partial charge in [0.05, 0.1) is 2.88 Å². The minimum absolute atomic E-state index is 0. The Kier molecular flexibility index (Phi) is 9.32. The Morgan fingerprint density at radius 3 is 2.57 bits per heavy atom. The first-order valence-electron chi connectivity index (χ1n) is 6.57. The molecule has 0 saturated carbocycles. The zero-order valence-electron chi connectivity index (χ0n) is 11.9. The highest BCUT2D eigenvalue weighted by Gasteiger charge is 2.00. The van der Waals surface area contributed by atoms with Crippen LogP contribution in [0.5, 0.6) is 0 Å². The second-order valence-electron chi connectivity index (χ2n) is 4.30. The van der Waals surface area contributed by atoms with E-state index in [0.717, 1.165) is 32.0 Å². The van der Waals surface area contributed by atoms with Gasteiger partial charge < -0.3 is 15.2 Å². The standard InChI is InChI=1S/C14H19IN4S.HI/c1-16-14(18-8-11-19-9-2-3-10-19)17-7-6-12-4-5-13(15)20-12;/h2-5,9-10H,6-8,11H2,1H3,(H2,16,17,18);1H. The van der Waals surface area contributed by atoms with Crippen LogP contribution < -0.4 is 10.6 Å². The summed E-state index contributed by atoms with van der Waals surface area (Å²) in [6, 6.07) is 8.42. The Balaban J connectivity index is 0.00000220. The van der Waals surface area contributed by atoms with E-state index in [9.17, 15) is 0 Å². The molecular formula is C14H20I2N4S. The molecule has 21 heavy (non-hydrogen) atoms. The second kappa shape index (κ2) is 10.4. The van der Waals surface area contributed by atoms with Crippen molar-refractivity contribution >= 4 is 63.9 Å². The van der Waals surface area contributed by atoms with Gasteiger partial charge in [-0.3, -0.25) is 4.99 Å². The number of aliphatic imine (C=N–C) groups is 1. The maximum atomic E-state index is 4.23. The molecule has 2 rings (SSSR count). The molecule has 0 unspecified atom stereocenters. The van der Waals surface area contributed by atoms with E-state index in [1.165, 1.54) is 7.76 Å². The van der Waals surface area contributed by atoms with Gasteiger partial charge in [0.1, 0.15) is 0 Å². The lowest BCUT2D eigenvalue weighted by atomic mass is 10.3. The van der Waals surface area contributed by atoms with Crippen LogP contribution in [0.3, 0.4) is 0 Å². The lowest BCUT2D eigenvalue weighted by molar-refractivity contribution is 0.665. The largest absolute Gasteiger partial charge is 0.356 e. The summed E-state index contributed by atoms with van der Waals surface area (Å²) >= 11 is 4.20. The first kappa shape index (κ1) is 18.8. The van der Waals surface area contributed by atoms with Crippen molar-refractivity contribution in [3.8, 4) is 0 Å². The molecule has 0 saturated heterocycles. The van der Waals surface area contributed by atoms with E-state index in [2.05, 4.69) is 67.3 Å². The zero-order chi connectivity index (χ0) is 14.2. The molecule has 2 N–H and O–H groups in total. The Bertz CT molecular complexity index is 537. The SMILES string of the molecule is CN=C(NCCc1ccc(I)s1)NCCn1cccc1.I. The van der Waals surface area contributed by atoms with Crippen LogP contribution >= 0.6 is 57.9 Å². The predicted molar refractivity (Wildman–Crippen MR) is 110 cm³/mol. The van der Waals surface area contributed by atoms with Crippen molar-refractivity contribution in [1.29, 1.82) is 0 Å². The summed E-state index contributed by atoms with van der Waals surface area (Å²) in [5.41, 5.74) is 0. The van der Waals surface area contributed by atoms with Crippen LogP contribution in [0.15, 0.2) is 41.7 Å². The Morgan fingerprint density at radius 2 is 1.95 bits per heavy atom. The third-order valence-corrected chi connectivity index (χ3v) is 4.80. The van der Waals surface area contributed by atoms with Crippen LogP contribution in [0.25, 0.3) is 0 Å². The molecule has 7 heteroatoms. The van der Waals surface area contributed by atoms with Crippen molar-refractivity contribution in [1.82, 2.24) is 15.2 Å². The highest BCUT2D eigenvalue weighted by molar-refractivity contribution is 14.1. The van der Waals surface area contributed by atoms with E-state index in [1.54, 1.807) is 7.05 Å². The van der Waals surface area contributed by atoms with Gasteiger partial charge in [0.2, 0.25) is 0 Å². The van der Waals surface area contributed by atoms with Gasteiger partial charge in [-0.25, -0.2) is 0 Å². The van der Waals surface area contributed by atoms with Crippen molar-refractivity contribution in [3.63, 3.8) is 0 Å². The van der Waals surface area contributed by atoms with Crippen LogP contribution in [-0.2, 0) is 13.0 Å². The minimum Gasteiger partial charge on any atom is -0.356 e. The van der Waals surface area contributed by atoms with Crippen molar-refractivity contribution in [3.05, 3.63) is 44.4 Å². The minimum atomic E-state index is 0. The summed E-state index contributed by atoms with van der Waals surface area (Å²) in [4.78, 5) is 5.64. The number of nitrogens with zero attached hydrogens (tertiary/aromatic N) is 2. The van der Waals surface area contributed by atoms with E-state index in [1.807, 2.05) is 23.5 Å². The van der Waals surface area contributed by atoms with Gasteiger partial charge in [-0.1, -0.05) is 0 Å². The van der Waals surface area contributed by atoms with Crippen molar-refractivity contribution < 1.29 is 0 Å². The Morgan fingerprint density at radius 1 is 1.24 bits per heavy atom. The van der Waals surface area contributed by atoms with Crippen LogP contribution in [0.1, 0.15) is 4.88 Å². The lowest BCUT2D eigenvalue weighted by Gasteiger charge is -2.11. The first-order chi connectivity index (χ1) is 9.78. The number of aromatic nitrogens is 1. The molecule has 4 nitrogen and oxygen atoms in total. The number of thiophene rings is 1. The second-order valence-corrected chi connectivity index (χ2v) is 7.36. The Labute approximate surface area is 160 Å². The van der Waals surface area contributed by atoms with Gasteiger partial charge in [0.15, 0.2) is 5.96 Å². The van der Waals surface area contributed by atoms with Gasteiger partial charge in [-0.05, 0) is 53.3 Å². The zero-order valence-corrected chi connectivity index (χ0v) is 17.2. The van der Waals surface area contributed by atoms with E-state index in [-0.39, 0.29) is 24.0 Å². The fourth-order valence-electron chi connectivity index (χ4n) is 1.83. The topological polar surface area (TPSA) is 41.4 Å². The number of hydrogen-bond acceptors (Lipinski definition) is 2. The van der Waals surface area contributed by atoms with E-state index >= 15 is 0 Å². The molecule has 0 aliphatic rings. The molecule has 0 bridgehead atoms. The van der Waals surface area contributed by atoms with Crippen LogP contribution in [0, 0.1) is 2.88 Å². The van der Waals surface area contributed by atoms with Gasteiger partial charge in [-0.15, -0.1) is 35.3 Å². The van der Waals surface area contributed by atoms with E-state index in [0.29, 0.717) is 0 Å². The number of rotatable bonds is 6. The number of halogens is 2. The van der Waals surface area contributed by atoms with Gasteiger partial charge in [0, 0.05) is 44.0 Å².